The second-order valence-electron chi connectivity index (χ2n) is 10.2. The largest absolute Gasteiger partial charge is 0.444 e. The summed E-state index contributed by atoms with van der Waals surface area (Å²) in [6.45, 7) is 10.1. The summed E-state index contributed by atoms with van der Waals surface area (Å²) in [7, 11) is 0. The minimum atomic E-state index is -1.45. The Morgan fingerprint density at radius 2 is 1.92 bits per heavy atom. The zero-order chi connectivity index (χ0) is 27.1. The Balaban J connectivity index is 1.68. The maximum atomic E-state index is 15.6. The van der Waals surface area contributed by atoms with E-state index in [1.165, 1.54) is 6.92 Å². The molecule has 4 rings (SSSR count). The highest BCUT2D eigenvalue weighted by atomic mass is 35.5. The summed E-state index contributed by atoms with van der Waals surface area (Å²) in [6, 6.07) is 5.55. The van der Waals surface area contributed by atoms with Crippen LogP contribution < -0.4 is 5.32 Å². The fourth-order valence-corrected chi connectivity index (χ4v) is 4.53. The number of allylic oxidation sites excluding steroid dienone is 7. The lowest BCUT2D eigenvalue weighted by molar-refractivity contribution is 0.0491. The predicted octanol–water partition coefficient (Wildman–Crippen LogP) is 8.33. The van der Waals surface area contributed by atoms with Crippen molar-refractivity contribution in [3.8, 4) is 0 Å². The number of nitrogens with zero attached hydrogens (tertiary/aromatic N) is 1. The zero-order valence-corrected chi connectivity index (χ0v) is 21.8. The zero-order valence-electron chi connectivity index (χ0n) is 21.0. The summed E-state index contributed by atoms with van der Waals surface area (Å²) in [6.07, 6.45) is 7.35. The van der Waals surface area contributed by atoms with Crippen molar-refractivity contribution in [2.24, 2.45) is 5.92 Å². The van der Waals surface area contributed by atoms with Gasteiger partial charge < -0.3 is 10.1 Å². The molecule has 37 heavy (non-hydrogen) atoms. The Morgan fingerprint density at radius 3 is 2.57 bits per heavy atom. The van der Waals surface area contributed by atoms with Crippen molar-refractivity contribution in [1.29, 1.82) is 0 Å². The van der Waals surface area contributed by atoms with Crippen LogP contribution in [0.5, 0.6) is 0 Å². The SMILES string of the molecule is C=C(C1=C(F)C(NC(=O)OC(C)(C)C)C(C)C(F)=C1F)c1ccc2ncc(C3C=CC(Cl)=CC3)cc2c1. The van der Waals surface area contributed by atoms with E-state index >= 15 is 8.78 Å². The lowest BCUT2D eigenvalue weighted by atomic mass is 9.85. The third-order valence-electron chi connectivity index (χ3n) is 6.35. The number of halogens is 4. The van der Waals surface area contributed by atoms with Crippen molar-refractivity contribution >= 4 is 34.2 Å². The van der Waals surface area contributed by atoms with E-state index in [9.17, 15) is 9.18 Å². The second-order valence-corrected chi connectivity index (χ2v) is 10.7. The van der Waals surface area contributed by atoms with E-state index in [-0.39, 0.29) is 11.5 Å². The van der Waals surface area contributed by atoms with Gasteiger partial charge in [0.2, 0.25) is 0 Å². The van der Waals surface area contributed by atoms with Crippen molar-refractivity contribution < 1.29 is 22.7 Å². The molecule has 0 bridgehead atoms. The molecule has 0 spiro atoms. The molecule has 1 amide bonds. The fourth-order valence-electron chi connectivity index (χ4n) is 4.37. The molecule has 0 radical (unpaired) electrons. The van der Waals surface area contributed by atoms with Crippen molar-refractivity contribution in [3.05, 3.63) is 94.5 Å². The Labute approximate surface area is 219 Å². The van der Waals surface area contributed by atoms with Crippen LogP contribution in [0.3, 0.4) is 0 Å². The first-order valence-corrected chi connectivity index (χ1v) is 12.3. The monoisotopic (exact) mass is 528 g/mol. The van der Waals surface area contributed by atoms with Crippen LogP contribution in [-0.2, 0) is 4.74 Å². The average molecular weight is 529 g/mol. The van der Waals surface area contributed by atoms with Gasteiger partial charge in [-0.05, 0) is 68.2 Å². The lowest BCUT2D eigenvalue weighted by Gasteiger charge is -2.30. The Kier molecular flexibility index (Phi) is 7.38. The number of carbonyl (C=O) groups is 1. The number of benzene rings is 1. The van der Waals surface area contributed by atoms with E-state index in [0.717, 1.165) is 17.4 Å². The molecule has 0 saturated carbocycles. The maximum Gasteiger partial charge on any atom is 0.408 e. The number of ether oxygens (including phenoxy) is 1. The molecule has 3 atom stereocenters. The van der Waals surface area contributed by atoms with E-state index in [0.29, 0.717) is 16.1 Å². The molecule has 1 N–H and O–H groups in total. The number of hydrogen-bond acceptors (Lipinski definition) is 3. The van der Waals surface area contributed by atoms with Gasteiger partial charge in [0.1, 0.15) is 17.3 Å². The van der Waals surface area contributed by atoms with Gasteiger partial charge in [-0.3, -0.25) is 4.98 Å². The first-order valence-electron chi connectivity index (χ1n) is 11.9. The molecule has 1 heterocycles. The molecular formula is C29H28ClF3N2O2. The minimum Gasteiger partial charge on any atom is -0.444 e. The molecular weight excluding hydrogens is 501 g/mol. The van der Waals surface area contributed by atoms with Crippen LogP contribution >= 0.6 is 11.6 Å². The van der Waals surface area contributed by atoms with E-state index in [2.05, 4.69) is 16.9 Å². The summed E-state index contributed by atoms with van der Waals surface area (Å²) in [5, 5.41) is 3.75. The normalized spacial score (nSPS) is 22.3. The Bertz CT molecular complexity index is 1400. The number of fused-ring (bicyclic) bond motifs is 1. The van der Waals surface area contributed by atoms with Gasteiger partial charge in [-0.25, -0.2) is 18.0 Å². The van der Waals surface area contributed by atoms with Crippen LogP contribution in [0.25, 0.3) is 16.5 Å². The van der Waals surface area contributed by atoms with Crippen molar-refractivity contribution in [2.75, 3.05) is 0 Å². The van der Waals surface area contributed by atoms with Crippen LogP contribution in [0.2, 0.25) is 0 Å². The molecule has 4 nitrogen and oxygen atoms in total. The van der Waals surface area contributed by atoms with Gasteiger partial charge in [-0.1, -0.05) is 43.3 Å². The second kappa shape index (κ2) is 10.2. The standard InChI is InChI=1S/C29H28ClF3N2O2/c1-15(23-25(32)24(31)16(2)27(26(23)33)35-28(36)37-29(3,4)5)18-8-11-22-19(12-18)13-20(14-34-22)17-6-9-21(30)10-7-17/h6,8-14,16-17,27H,1,7H2,2-5H3,(H,35,36). The van der Waals surface area contributed by atoms with Crippen LogP contribution in [0, 0.1) is 5.92 Å². The molecule has 0 fully saturated rings. The number of hydrogen-bond donors (Lipinski definition) is 1. The van der Waals surface area contributed by atoms with Gasteiger partial charge in [0.25, 0.3) is 0 Å². The number of alkyl carbamates (subject to hydrolysis) is 1. The summed E-state index contributed by atoms with van der Waals surface area (Å²) in [5.41, 5.74) is 0.534. The highest BCUT2D eigenvalue weighted by molar-refractivity contribution is 6.31. The number of carbonyl (C=O) groups excluding carboxylic acids is 1. The van der Waals surface area contributed by atoms with Crippen LogP contribution in [0.1, 0.15) is 51.2 Å². The summed E-state index contributed by atoms with van der Waals surface area (Å²) >= 11 is 6.03. The van der Waals surface area contributed by atoms with Gasteiger partial charge in [0.05, 0.1) is 17.1 Å². The third kappa shape index (κ3) is 5.67. The number of aromatic nitrogens is 1. The molecule has 1 aromatic heterocycles. The number of nitrogens with one attached hydrogen (secondary N) is 1. The molecule has 2 aliphatic carbocycles. The van der Waals surface area contributed by atoms with E-state index in [1.54, 1.807) is 45.2 Å². The van der Waals surface area contributed by atoms with Gasteiger partial charge in [0.15, 0.2) is 5.83 Å². The molecule has 2 aromatic rings. The van der Waals surface area contributed by atoms with Gasteiger partial charge in [-0.2, -0.15) is 0 Å². The number of rotatable bonds is 4. The van der Waals surface area contributed by atoms with Crippen LogP contribution in [-0.4, -0.2) is 22.7 Å². The summed E-state index contributed by atoms with van der Waals surface area (Å²) in [4.78, 5) is 16.8. The van der Waals surface area contributed by atoms with Gasteiger partial charge >= 0.3 is 6.09 Å². The first kappa shape index (κ1) is 26.7. The molecule has 3 unspecified atom stereocenters. The maximum absolute atomic E-state index is 15.6. The van der Waals surface area contributed by atoms with E-state index < -0.39 is 46.7 Å². The number of amides is 1. The summed E-state index contributed by atoms with van der Waals surface area (Å²) in [5.74, 6) is -4.69. The highest BCUT2D eigenvalue weighted by Crippen LogP contribution is 2.43. The van der Waals surface area contributed by atoms with Crippen LogP contribution in [0.15, 0.2) is 83.4 Å². The Hall–Kier alpha value is -3.32. The Morgan fingerprint density at radius 1 is 1.19 bits per heavy atom. The van der Waals surface area contributed by atoms with Crippen LogP contribution in [0.4, 0.5) is 18.0 Å². The molecule has 194 valence electrons. The minimum absolute atomic E-state index is 0.0485. The third-order valence-corrected chi connectivity index (χ3v) is 6.63. The lowest BCUT2D eigenvalue weighted by Crippen LogP contribution is -2.44. The number of pyridine rings is 1. The molecule has 0 saturated heterocycles. The van der Waals surface area contributed by atoms with E-state index in [1.807, 2.05) is 24.3 Å². The summed E-state index contributed by atoms with van der Waals surface area (Å²) < 4.78 is 50.8. The quantitative estimate of drug-likeness (QED) is 0.434. The first-order chi connectivity index (χ1) is 17.4. The topological polar surface area (TPSA) is 51.2 Å². The molecule has 0 aliphatic heterocycles. The van der Waals surface area contributed by atoms with Crippen molar-refractivity contribution in [2.45, 2.75) is 51.7 Å². The molecule has 1 aromatic carbocycles. The predicted molar refractivity (Wildman–Crippen MR) is 141 cm³/mol. The van der Waals surface area contributed by atoms with Gasteiger partial charge in [0, 0.05) is 28.5 Å². The van der Waals surface area contributed by atoms with Crippen molar-refractivity contribution in [3.63, 3.8) is 0 Å². The van der Waals surface area contributed by atoms with E-state index in [4.69, 9.17) is 16.3 Å². The van der Waals surface area contributed by atoms with Crippen molar-refractivity contribution in [1.82, 2.24) is 10.3 Å². The molecule has 8 heteroatoms. The molecule has 2 aliphatic rings. The average Bonchev–Trinajstić information content (AvgIpc) is 2.84. The van der Waals surface area contributed by atoms with Gasteiger partial charge in [-0.15, -0.1) is 0 Å². The highest BCUT2D eigenvalue weighted by Gasteiger charge is 2.39. The fraction of sp³-hybridized carbons (Fsp3) is 0.310. The smallest absolute Gasteiger partial charge is 0.408 e.